The van der Waals surface area contributed by atoms with E-state index in [2.05, 4.69) is 154 Å². The molecule has 0 saturated carbocycles. The Bertz CT molecular complexity index is 2180. The van der Waals surface area contributed by atoms with Crippen molar-refractivity contribution in [1.82, 2.24) is 4.57 Å². The van der Waals surface area contributed by atoms with Gasteiger partial charge in [0.15, 0.2) is 0 Å². The molecule has 1 nitrogen and oxygen atoms in total. The topological polar surface area (TPSA) is 4.93 Å². The molecular weight excluding hydrogens is 558 g/mol. The number of nitrogens with zero attached hydrogens (tertiary/aromatic N) is 1. The van der Waals surface area contributed by atoms with Gasteiger partial charge in [0.05, 0.1) is 11.0 Å². The van der Waals surface area contributed by atoms with Crippen LogP contribution in [0.5, 0.6) is 0 Å². The summed E-state index contributed by atoms with van der Waals surface area (Å²) in [5, 5.41) is 5.19. The van der Waals surface area contributed by atoms with Gasteiger partial charge in [-0.05, 0) is 76.9 Å². The predicted octanol–water partition coefficient (Wildman–Crippen LogP) is 11.2. The van der Waals surface area contributed by atoms with Crippen LogP contribution in [0.3, 0.4) is 0 Å². The van der Waals surface area contributed by atoms with Crippen molar-refractivity contribution in [2.24, 2.45) is 0 Å². The molecule has 0 amide bonds. The highest BCUT2D eigenvalue weighted by Gasteiger charge is 2.15. The Kier molecular flexibility index (Phi) is 5.22. The van der Waals surface area contributed by atoms with Gasteiger partial charge in [0.25, 0.3) is 0 Å². The molecule has 0 fully saturated rings. The number of halogens is 1. The van der Waals surface area contributed by atoms with E-state index in [1.807, 2.05) is 11.3 Å². The quantitative estimate of drug-likeness (QED) is 0.196. The molecule has 3 heteroatoms. The molecule has 0 aliphatic carbocycles. The van der Waals surface area contributed by atoms with Crippen LogP contribution in [0.4, 0.5) is 0 Å². The highest BCUT2D eigenvalue weighted by Crippen LogP contribution is 2.39. The van der Waals surface area contributed by atoms with Crippen molar-refractivity contribution in [3.8, 4) is 27.9 Å². The number of rotatable bonds is 3. The molecule has 0 aliphatic heterocycles. The molecule has 0 saturated heterocycles. The van der Waals surface area contributed by atoms with Crippen LogP contribution in [-0.2, 0) is 0 Å². The summed E-state index contributed by atoms with van der Waals surface area (Å²) in [7, 11) is 0. The number of fused-ring (bicyclic) bond motifs is 6. The molecule has 0 atom stereocenters. The van der Waals surface area contributed by atoms with Crippen LogP contribution < -0.4 is 0 Å². The summed E-state index contributed by atoms with van der Waals surface area (Å²) in [5.74, 6) is 0. The lowest BCUT2D eigenvalue weighted by molar-refractivity contribution is 1.19. The van der Waals surface area contributed by atoms with Gasteiger partial charge in [0, 0.05) is 41.1 Å². The third-order valence-electron chi connectivity index (χ3n) is 7.67. The molecule has 8 rings (SSSR count). The maximum Gasteiger partial charge on any atom is 0.0547 e. The van der Waals surface area contributed by atoms with Crippen LogP contribution in [0.25, 0.3) is 69.9 Å². The second-order valence-corrected chi connectivity index (χ2v) is 12.0. The summed E-state index contributed by atoms with van der Waals surface area (Å²) < 4.78 is 6.18. The van der Waals surface area contributed by atoms with Crippen molar-refractivity contribution in [3.63, 3.8) is 0 Å². The van der Waals surface area contributed by atoms with E-state index in [-0.39, 0.29) is 0 Å². The third kappa shape index (κ3) is 3.73. The van der Waals surface area contributed by atoms with Gasteiger partial charge in [0.2, 0.25) is 0 Å². The molecule has 0 N–H and O–H groups in total. The standard InChI is InChI=1S/C36H22BrNS/c37-27-15-12-23(13-16-27)24-6-5-7-25(20-24)26-14-18-30-29-8-1-3-10-33(29)38(34(30)21-26)28-17-19-36-32(22-28)31-9-2-4-11-35(31)39-36/h1-22H. The number of hydrogen-bond donors (Lipinski definition) is 0. The third-order valence-corrected chi connectivity index (χ3v) is 9.35. The van der Waals surface area contributed by atoms with E-state index in [4.69, 9.17) is 0 Å². The lowest BCUT2D eigenvalue weighted by atomic mass is 9.98. The minimum Gasteiger partial charge on any atom is -0.309 e. The van der Waals surface area contributed by atoms with Gasteiger partial charge in [0.1, 0.15) is 0 Å². The Hall–Kier alpha value is -4.18. The maximum atomic E-state index is 3.55. The van der Waals surface area contributed by atoms with Gasteiger partial charge < -0.3 is 4.57 Å². The summed E-state index contributed by atoms with van der Waals surface area (Å²) in [6.07, 6.45) is 0. The molecule has 0 radical (unpaired) electrons. The van der Waals surface area contributed by atoms with Crippen molar-refractivity contribution < 1.29 is 0 Å². The number of thiophene rings is 1. The molecule has 184 valence electrons. The molecule has 8 aromatic rings. The molecule has 0 bridgehead atoms. The maximum absolute atomic E-state index is 3.55. The first-order chi connectivity index (χ1) is 19.2. The monoisotopic (exact) mass is 579 g/mol. The highest BCUT2D eigenvalue weighted by atomic mass is 79.9. The fourth-order valence-corrected chi connectivity index (χ4v) is 7.15. The average Bonchev–Trinajstić information content (AvgIpc) is 3.52. The Morgan fingerprint density at radius 2 is 1.10 bits per heavy atom. The zero-order valence-electron chi connectivity index (χ0n) is 20.9. The summed E-state index contributed by atoms with van der Waals surface area (Å²) in [6, 6.07) is 48.6. The van der Waals surface area contributed by atoms with Crippen LogP contribution >= 0.6 is 27.3 Å². The fraction of sp³-hybridized carbons (Fsp3) is 0. The van der Waals surface area contributed by atoms with E-state index in [0.717, 1.165) is 4.47 Å². The van der Waals surface area contributed by atoms with Crippen molar-refractivity contribution in [2.75, 3.05) is 0 Å². The van der Waals surface area contributed by atoms with Crippen LogP contribution in [0.1, 0.15) is 0 Å². The van der Waals surface area contributed by atoms with Crippen LogP contribution in [0.15, 0.2) is 138 Å². The number of benzene rings is 6. The van der Waals surface area contributed by atoms with Crippen LogP contribution in [0.2, 0.25) is 0 Å². The van der Waals surface area contributed by atoms with E-state index < -0.39 is 0 Å². The lowest BCUT2D eigenvalue weighted by Crippen LogP contribution is -1.93. The van der Waals surface area contributed by atoms with Gasteiger partial charge in [-0.15, -0.1) is 11.3 Å². The van der Waals surface area contributed by atoms with Crippen molar-refractivity contribution in [1.29, 1.82) is 0 Å². The highest BCUT2D eigenvalue weighted by molar-refractivity contribution is 9.10. The zero-order chi connectivity index (χ0) is 25.9. The molecule has 0 spiro atoms. The Morgan fingerprint density at radius 1 is 0.436 bits per heavy atom. The zero-order valence-corrected chi connectivity index (χ0v) is 23.3. The normalized spacial score (nSPS) is 11.7. The second kappa shape index (κ2) is 8.94. The first-order valence-electron chi connectivity index (χ1n) is 13.0. The first-order valence-corrected chi connectivity index (χ1v) is 14.7. The minimum absolute atomic E-state index is 1.09. The van der Waals surface area contributed by atoms with E-state index >= 15 is 0 Å². The van der Waals surface area contributed by atoms with Crippen LogP contribution in [0, 0.1) is 0 Å². The predicted molar refractivity (Wildman–Crippen MR) is 172 cm³/mol. The Balaban J connectivity index is 1.35. The van der Waals surface area contributed by atoms with Gasteiger partial charge in [-0.2, -0.15) is 0 Å². The minimum atomic E-state index is 1.09. The Morgan fingerprint density at radius 3 is 1.97 bits per heavy atom. The van der Waals surface area contributed by atoms with Gasteiger partial charge >= 0.3 is 0 Å². The van der Waals surface area contributed by atoms with Gasteiger partial charge in [-0.3, -0.25) is 0 Å². The van der Waals surface area contributed by atoms with E-state index in [9.17, 15) is 0 Å². The summed E-state index contributed by atoms with van der Waals surface area (Å²) >= 11 is 5.42. The largest absolute Gasteiger partial charge is 0.309 e. The molecule has 6 aromatic carbocycles. The summed E-state index contributed by atoms with van der Waals surface area (Å²) in [4.78, 5) is 0. The van der Waals surface area contributed by atoms with E-state index in [1.54, 1.807) is 0 Å². The van der Waals surface area contributed by atoms with Crippen molar-refractivity contribution in [2.45, 2.75) is 0 Å². The summed E-state index contributed by atoms with van der Waals surface area (Å²) in [5.41, 5.74) is 8.51. The number of hydrogen-bond acceptors (Lipinski definition) is 1. The molecule has 0 unspecified atom stereocenters. The Labute approximate surface area is 238 Å². The van der Waals surface area contributed by atoms with E-state index in [0.29, 0.717) is 0 Å². The van der Waals surface area contributed by atoms with Crippen molar-refractivity contribution >= 4 is 69.2 Å². The van der Waals surface area contributed by atoms with Gasteiger partial charge in [-0.25, -0.2) is 0 Å². The molecule has 39 heavy (non-hydrogen) atoms. The smallest absolute Gasteiger partial charge is 0.0547 e. The SMILES string of the molecule is Brc1ccc(-c2cccc(-c3ccc4c5ccccc5n(-c5ccc6sc7ccccc7c6c5)c4c3)c2)cc1. The first kappa shape index (κ1) is 22.8. The number of para-hydroxylation sites is 1. The van der Waals surface area contributed by atoms with Gasteiger partial charge in [-0.1, -0.05) is 94.8 Å². The fourth-order valence-electron chi connectivity index (χ4n) is 5.80. The molecule has 2 aromatic heterocycles. The summed E-state index contributed by atoms with van der Waals surface area (Å²) in [6.45, 7) is 0. The lowest BCUT2D eigenvalue weighted by Gasteiger charge is -2.10. The second-order valence-electron chi connectivity index (χ2n) is 9.95. The van der Waals surface area contributed by atoms with Crippen LogP contribution in [-0.4, -0.2) is 4.57 Å². The molecule has 0 aliphatic rings. The van der Waals surface area contributed by atoms with Crippen molar-refractivity contribution in [3.05, 3.63) is 138 Å². The molecule has 2 heterocycles. The molecular formula is C36H22BrNS. The number of aromatic nitrogens is 1. The van der Waals surface area contributed by atoms with E-state index in [1.165, 1.54) is 69.9 Å². The average molecular weight is 581 g/mol.